The lowest BCUT2D eigenvalue weighted by atomic mass is 10.2. The van der Waals surface area contributed by atoms with Gasteiger partial charge in [0.15, 0.2) is 0 Å². The third-order valence-electron chi connectivity index (χ3n) is 4.46. The number of nitrogens with one attached hydrogen (secondary N) is 2. The van der Waals surface area contributed by atoms with Crippen LogP contribution < -0.4 is 15.4 Å². The number of rotatable bonds is 10. The van der Waals surface area contributed by atoms with Crippen LogP contribution in [0.1, 0.15) is 11.1 Å². The van der Waals surface area contributed by atoms with E-state index >= 15 is 0 Å². The minimum atomic E-state index is -0.492. The molecule has 0 saturated carbocycles. The summed E-state index contributed by atoms with van der Waals surface area (Å²) in [6.45, 7) is 1.74. The minimum absolute atomic E-state index is 0. The summed E-state index contributed by atoms with van der Waals surface area (Å²) in [5.41, 5.74) is 1.88. The average Bonchev–Trinajstić information content (AvgIpc) is 2.74. The Labute approximate surface area is 201 Å². The first-order chi connectivity index (χ1) is 14.9. The van der Waals surface area contributed by atoms with Gasteiger partial charge in [-0.05, 0) is 30.3 Å². The molecule has 0 aliphatic heterocycles. The van der Waals surface area contributed by atoms with Gasteiger partial charge in [0, 0.05) is 47.9 Å². The molecule has 170 valence electrons. The second-order valence-corrected chi connectivity index (χ2v) is 7.50. The van der Waals surface area contributed by atoms with Crippen molar-refractivity contribution in [2.24, 2.45) is 0 Å². The van der Waals surface area contributed by atoms with Gasteiger partial charge in [-0.3, -0.25) is 10.1 Å². The summed E-state index contributed by atoms with van der Waals surface area (Å²) < 4.78 is 19.6. The van der Waals surface area contributed by atoms with Crippen LogP contribution in [0.15, 0.2) is 60.7 Å². The number of benzene rings is 3. The van der Waals surface area contributed by atoms with Crippen molar-refractivity contribution in [1.82, 2.24) is 5.32 Å². The Morgan fingerprint density at radius 1 is 1.00 bits per heavy atom. The molecule has 0 aliphatic carbocycles. The fraction of sp³-hybridized carbons (Fsp3) is 0.182. The van der Waals surface area contributed by atoms with Gasteiger partial charge in [-0.2, -0.15) is 0 Å². The Balaban J connectivity index is 0.00000363. The monoisotopic (exact) mass is 499 g/mol. The molecule has 3 aromatic rings. The van der Waals surface area contributed by atoms with Crippen LogP contribution in [0, 0.1) is 15.9 Å². The zero-order valence-corrected chi connectivity index (χ0v) is 19.1. The Morgan fingerprint density at radius 2 is 1.78 bits per heavy atom. The van der Waals surface area contributed by atoms with Gasteiger partial charge in [0.25, 0.3) is 5.69 Å². The molecule has 0 radical (unpaired) electrons. The van der Waals surface area contributed by atoms with E-state index in [1.165, 1.54) is 18.2 Å². The van der Waals surface area contributed by atoms with Crippen LogP contribution in [0.4, 0.5) is 15.8 Å². The molecule has 0 aromatic heterocycles. The van der Waals surface area contributed by atoms with E-state index in [0.717, 1.165) is 5.56 Å². The number of ether oxygens (including phenoxy) is 1. The molecule has 0 fully saturated rings. The van der Waals surface area contributed by atoms with E-state index < -0.39 is 4.92 Å². The topological polar surface area (TPSA) is 76.4 Å². The van der Waals surface area contributed by atoms with Gasteiger partial charge in [0.2, 0.25) is 0 Å². The van der Waals surface area contributed by atoms with Crippen molar-refractivity contribution >= 4 is 47.0 Å². The number of anilines is 1. The zero-order chi connectivity index (χ0) is 22.2. The van der Waals surface area contributed by atoms with Crippen molar-refractivity contribution in [2.75, 3.05) is 18.4 Å². The molecule has 32 heavy (non-hydrogen) atoms. The lowest BCUT2D eigenvalue weighted by molar-refractivity contribution is -0.384. The maximum absolute atomic E-state index is 13.8. The molecule has 0 aliphatic rings. The third-order valence-corrected chi connectivity index (χ3v) is 5.01. The summed E-state index contributed by atoms with van der Waals surface area (Å²) >= 11 is 12.2. The molecule has 0 amide bonds. The van der Waals surface area contributed by atoms with E-state index in [9.17, 15) is 14.5 Å². The fourth-order valence-corrected chi connectivity index (χ4v) is 3.30. The first-order valence-electron chi connectivity index (χ1n) is 9.47. The van der Waals surface area contributed by atoms with Crippen LogP contribution >= 0.6 is 35.6 Å². The van der Waals surface area contributed by atoms with E-state index in [1.807, 2.05) is 0 Å². The SMILES string of the molecule is Cl.O=[N+]([O-])c1ccc(NCCNCc2cc(Cl)ccc2OCc2ccccc2F)c(Cl)c1. The minimum Gasteiger partial charge on any atom is -0.488 e. The summed E-state index contributed by atoms with van der Waals surface area (Å²) in [5.74, 6) is 0.304. The lowest BCUT2D eigenvalue weighted by Crippen LogP contribution is -2.22. The van der Waals surface area contributed by atoms with Crippen molar-refractivity contribution in [3.05, 3.63) is 97.8 Å². The molecule has 0 bridgehead atoms. The molecule has 0 spiro atoms. The van der Waals surface area contributed by atoms with Gasteiger partial charge in [-0.25, -0.2) is 4.39 Å². The van der Waals surface area contributed by atoms with E-state index in [1.54, 1.807) is 42.5 Å². The quantitative estimate of drug-likeness (QED) is 0.196. The largest absolute Gasteiger partial charge is 0.488 e. The van der Waals surface area contributed by atoms with E-state index in [4.69, 9.17) is 27.9 Å². The second-order valence-electron chi connectivity index (χ2n) is 6.66. The lowest BCUT2D eigenvalue weighted by Gasteiger charge is -2.14. The number of nitrogens with zero attached hydrogens (tertiary/aromatic N) is 1. The summed E-state index contributed by atoms with van der Waals surface area (Å²) in [4.78, 5) is 10.3. The molecule has 0 atom stereocenters. The number of hydrogen-bond acceptors (Lipinski definition) is 5. The standard InChI is InChI=1S/C22H20Cl2FN3O3.ClH/c23-17-5-8-22(31-14-15-3-1-2-4-20(15)25)16(11-17)13-26-9-10-27-21-7-6-18(28(29)30)12-19(21)24;/h1-8,11-12,26-27H,9-10,13-14H2;1H. The molecule has 6 nitrogen and oxygen atoms in total. The van der Waals surface area contributed by atoms with E-state index in [0.29, 0.717) is 41.7 Å². The first-order valence-corrected chi connectivity index (χ1v) is 10.2. The second kappa shape index (κ2) is 12.5. The highest BCUT2D eigenvalue weighted by Crippen LogP contribution is 2.26. The molecule has 0 heterocycles. The molecular formula is C22H21Cl3FN3O3. The Kier molecular flexibility index (Phi) is 9.99. The Morgan fingerprint density at radius 3 is 2.50 bits per heavy atom. The summed E-state index contributed by atoms with van der Waals surface area (Å²) in [6.07, 6.45) is 0. The molecule has 0 unspecified atom stereocenters. The predicted octanol–water partition coefficient (Wildman–Crippen LogP) is 6.24. The number of nitro benzene ring substituents is 1. The van der Waals surface area contributed by atoms with Crippen molar-refractivity contribution in [1.29, 1.82) is 0 Å². The molecule has 0 saturated heterocycles. The van der Waals surface area contributed by atoms with Gasteiger partial charge in [-0.1, -0.05) is 41.4 Å². The van der Waals surface area contributed by atoms with Crippen molar-refractivity contribution in [3.63, 3.8) is 0 Å². The van der Waals surface area contributed by atoms with Gasteiger partial charge < -0.3 is 15.4 Å². The van der Waals surface area contributed by atoms with Crippen LogP contribution in [0.3, 0.4) is 0 Å². The fourth-order valence-electron chi connectivity index (χ4n) is 2.87. The number of halogens is 4. The molecule has 3 aromatic carbocycles. The highest BCUT2D eigenvalue weighted by Gasteiger charge is 2.10. The Bertz CT molecular complexity index is 1070. The highest BCUT2D eigenvalue weighted by molar-refractivity contribution is 6.33. The van der Waals surface area contributed by atoms with Crippen molar-refractivity contribution in [2.45, 2.75) is 13.2 Å². The maximum atomic E-state index is 13.8. The summed E-state index contributed by atoms with van der Waals surface area (Å²) in [7, 11) is 0. The average molecular weight is 501 g/mol. The molecule has 3 rings (SSSR count). The molecule has 2 N–H and O–H groups in total. The molecule has 10 heteroatoms. The van der Waals surface area contributed by atoms with Crippen LogP contribution in [0.2, 0.25) is 10.0 Å². The van der Waals surface area contributed by atoms with Gasteiger partial charge in [0.1, 0.15) is 18.2 Å². The van der Waals surface area contributed by atoms with Crippen molar-refractivity contribution < 1.29 is 14.1 Å². The first kappa shape index (κ1) is 25.7. The predicted molar refractivity (Wildman–Crippen MR) is 128 cm³/mol. The summed E-state index contributed by atoms with van der Waals surface area (Å²) in [5, 5.41) is 18.0. The number of hydrogen-bond donors (Lipinski definition) is 2. The zero-order valence-electron chi connectivity index (χ0n) is 16.8. The van der Waals surface area contributed by atoms with Gasteiger partial charge in [0.05, 0.1) is 15.6 Å². The maximum Gasteiger partial charge on any atom is 0.271 e. The number of nitro groups is 1. The van der Waals surface area contributed by atoms with Crippen LogP contribution in [0.25, 0.3) is 0 Å². The van der Waals surface area contributed by atoms with Crippen LogP contribution in [0.5, 0.6) is 5.75 Å². The third kappa shape index (κ3) is 7.24. The smallest absolute Gasteiger partial charge is 0.271 e. The van der Waals surface area contributed by atoms with Crippen LogP contribution in [-0.2, 0) is 13.2 Å². The van der Waals surface area contributed by atoms with E-state index in [2.05, 4.69) is 10.6 Å². The normalized spacial score (nSPS) is 10.3. The Hall–Kier alpha value is -2.58. The highest BCUT2D eigenvalue weighted by atomic mass is 35.5. The molecular weight excluding hydrogens is 480 g/mol. The van der Waals surface area contributed by atoms with Crippen molar-refractivity contribution in [3.8, 4) is 5.75 Å². The number of non-ortho nitro benzene ring substituents is 1. The summed E-state index contributed by atoms with van der Waals surface area (Å²) in [6, 6.07) is 16.0. The van der Waals surface area contributed by atoms with Crippen LogP contribution in [-0.4, -0.2) is 18.0 Å². The van der Waals surface area contributed by atoms with E-state index in [-0.39, 0.29) is 35.5 Å². The van der Waals surface area contributed by atoms with Gasteiger partial charge >= 0.3 is 0 Å². The van der Waals surface area contributed by atoms with Gasteiger partial charge in [-0.15, -0.1) is 12.4 Å².